The molecule has 1 atom stereocenters. The van der Waals surface area contributed by atoms with Crippen molar-refractivity contribution < 1.29 is 4.74 Å². The van der Waals surface area contributed by atoms with E-state index in [0.29, 0.717) is 6.10 Å². The van der Waals surface area contributed by atoms with Crippen LogP contribution in [-0.4, -0.2) is 6.10 Å². The second-order valence-electron chi connectivity index (χ2n) is 4.15. The Morgan fingerprint density at radius 2 is 2.14 bits per heavy atom. The van der Waals surface area contributed by atoms with Gasteiger partial charge in [0, 0.05) is 11.6 Å². The Bertz CT molecular complexity index is 329. The molecule has 1 aromatic rings. The zero-order valence-electron chi connectivity index (χ0n) is 8.79. The van der Waals surface area contributed by atoms with E-state index in [1.54, 1.807) is 0 Å². The van der Waals surface area contributed by atoms with E-state index in [9.17, 15) is 0 Å². The predicted octanol–water partition coefficient (Wildman–Crippen LogP) is 2.56. The zero-order chi connectivity index (χ0) is 10.1. The summed E-state index contributed by atoms with van der Waals surface area (Å²) in [5, 5.41) is 0. The van der Waals surface area contributed by atoms with Gasteiger partial charge in [0.15, 0.2) is 0 Å². The molecular formula is C12H17NO. The SMILES string of the molecule is Cc1ccc([C@H](C)N)c(OC2CC2)c1. The molecule has 2 nitrogen and oxygen atoms in total. The van der Waals surface area contributed by atoms with Crippen LogP contribution in [0.25, 0.3) is 0 Å². The van der Waals surface area contributed by atoms with Gasteiger partial charge < -0.3 is 10.5 Å². The summed E-state index contributed by atoms with van der Waals surface area (Å²) in [7, 11) is 0. The quantitative estimate of drug-likeness (QED) is 0.797. The molecule has 1 fully saturated rings. The lowest BCUT2D eigenvalue weighted by Gasteiger charge is -2.14. The molecule has 0 unspecified atom stereocenters. The van der Waals surface area contributed by atoms with Crippen molar-refractivity contribution in [3.63, 3.8) is 0 Å². The lowest BCUT2D eigenvalue weighted by molar-refractivity contribution is 0.298. The number of hydrogen-bond donors (Lipinski definition) is 1. The van der Waals surface area contributed by atoms with Gasteiger partial charge in [0.2, 0.25) is 0 Å². The average molecular weight is 191 g/mol. The molecule has 0 bridgehead atoms. The Morgan fingerprint density at radius 1 is 1.43 bits per heavy atom. The largest absolute Gasteiger partial charge is 0.490 e. The summed E-state index contributed by atoms with van der Waals surface area (Å²) in [5.41, 5.74) is 8.22. The third-order valence-corrected chi connectivity index (χ3v) is 2.48. The highest BCUT2D eigenvalue weighted by atomic mass is 16.5. The smallest absolute Gasteiger partial charge is 0.124 e. The van der Waals surface area contributed by atoms with Gasteiger partial charge in [0.1, 0.15) is 5.75 Å². The van der Waals surface area contributed by atoms with E-state index in [-0.39, 0.29) is 6.04 Å². The molecule has 1 aliphatic rings. The van der Waals surface area contributed by atoms with Crippen LogP contribution < -0.4 is 10.5 Å². The molecule has 0 amide bonds. The zero-order valence-corrected chi connectivity index (χ0v) is 8.79. The molecular weight excluding hydrogens is 174 g/mol. The van der Waals surface area contributed by atoms with Gasteiger partial charge in [0.25, 0.3) is 0 Å². The lowest BCUT2D eigenvalue weighted by atomic mass is 10.1. The van der Waals surface area contributed by atoms with E-state index in [2.05, 4.69) is 25.1 Å². The standard InChI is InChI=1S/C12H17NO/c1-8-3-6-11(9(2)13)12(7-8)14-10-4-5-10/h3,6-7,9-10H,4-5,13H2,1-2H3/t9-/m0/s1. The van der Waals surface area contributed by atoms with Crippen molar-refractivity contribution in [3.05, 3.63) is 29.3 Å². The van der Waals surface area contributed by atoms with Crippen molar-refractivity contribution in [2.75, 3.05) is 0 Å². The molecule has 2 N–H and O–H groups in total. The van der Waals surface area contributed by atoms with Gasteiger partial charge in [-0.15, -0.1) is 0 Å². The van der Waals surface area contributed by atoms with Crippen LogP contribution >= 0.6 is 0 Å². The van der Waals surface area contributed by atoms with Gasteiger partial charge in [-0.05, 0) is 38.3 Å². The van der Waals surface area contributed by atoms with Gasteiger partial charge in [-0.1, -0.05) is 12.1 Å². The number of hydrogen-bond acceptors (Lipinski definition) is 2. The number of rotatable bonds is 3. The van der Waals surface area contributed by atoms with Crippen molar-refractivity contribution in [1.29, 1.82) is 0 Å². The van der Waals surface area contributed by atoms with Crippen LogP contribution in [-0.2, 0) is 0 Å². The summed E-state index contributed by atoms with van der Waals surface area (Å²) in [6.07, 6.45) is 2.81. The molecule has 0 heterocycles. The minimum atomic E-state index is 0.0457. The lowest BCUT2D eigenvalue weighted by Crippen LogP contribution is -2.09. The summed E-state index contributed by atoms with van der Waals surface area (Å²) in [6.45, 7) is 4.06. The molecule has 2 heteroatoms. The van der Waals surface area contributed by atoms with Crippen LogP contribution in [0.4, 0.5) is 0 Å². The highest BCUT2D eigenvalue weighted by Gasteiger charge is 2.24. The van der Waals surface area contributed by atoms with Crippen molar-refractivity contribution in [2.45, 2.75) is 38.8 Å². The van der Waals surface area contributed by atoms with E-state index in [1.807, 2.05) is 6.92 Å². The summed E-state index contributed by atoms with van der Waals surface area (Å²) in [5.74, 6) is 0.975. The van der Waals surface area contributed by atoms with Gasteiger partial charge >= 0.3 is 0 Å². The summed E-state index contributed by atoms with van der Waals surface area (Å²) < 4.78 is 5.82. The normalized spacial score (nSPS) is 17.9. The Balaban J connectivity index is 2.27. The van der Waals surface area contributed by atoms with Gasteiger partial charge in [-0.25, -0.2) is 0 Å². The van der Waals surface area contributed by atoms with E-state index in [1.165, 1.54) is 18.4 Å². The first-order chi connectivity index (χ1) is 6.66. The summed E-state index contributed by atoms with van der Waals surface area (Å²) in [4.78, 5) is 0. The van der Waals surface area contributed by atoms with Crippen LogP contribution in [0.1, 0.15) is 36.9 Å². The number of aryl methyl sites for hydroxylation is 1. The maximum atomic E-state index is 5.88. The van der Waals surface area contributed by atoms with E-state index >= 15 is 0 Å². The van der Waals surface area contributed by atoms with E-state index in [0.717, 1.165) is 11.3 Å². The molecule has 1 aliphatic carbocycles. The summed E-state index contributed by atoms with van der Waals surface area (Å²) in [6, 6.07) is 6.28. The van der Waals surface area contributed by atoms with Crippen LogP contribution in [0, 0.1) is 6.92 Å². The number of benzene rings is 1. The van der Waals surface area contributed by atoms with Crippen molar-refractivity contribution >= 4 is 0 Å². The first-order valence-corrected chi connectivity index (χ1v) is 5.19. The molecule has 76 valence electrons. The van der Waals surface area contributed by atoms with Crippen LogP contribution in [0.5, 0.6) is 5.75 Å². The topological polar surface area (TPSA) is 35.2 Å². The fraction of sp³-hybridized carbons (Fsp3) is 0.500. The van der Waals surface area contributed by atoms with Crippen LogP contribution in [0.3, 0.4) is 0 Å². The Morgan fingerprint density at radius 3 is 2.71 bits per heavy atom. The highest BCUT2D eigenvalue weighted by Crippen LogP contribution is 2.31. The molecule has 1 aromatic carbocycles. The van der Waals surface area contributed by atoms with Crippen molar-refractivity contribution in [3.8, 4) is 5.75 Å². The van der Waals surface area contributed by atoms with Crippen molar-refractivity contribution in [2.24, 2.45) is 5.73 Å². The second-order valence-corrected chi connectivity index (χ2v) is 4.15. The second kappa shape index (κ2) is 3.62. The highest BCUT2D eigenvalue weighted by molar-refractivity contribution is 5.39. The molecule has 0 radical (unpaired) electrons. The van der Waals surface area contributed by atoms with Crippen LogP contribution in [0.2, 0.25) is 0 Å². The molecule has 2 rings (SSSR count). The third kappa shape index (κ3) is 2.07. The maximum Gasteiger partial charge on any atom is 0.124 e. The number of ether oxygens (including phenoxy) is 1. The molecule has 0 spiro atoms. The summed E-state index contributed by atoms with van der Waals surface area (Å²) >= 11 is 0. The number of nitrogens with two attached hydrogens (primary N) is 1. The Hall–Kier alpha value is -1.02. The Kier molecular flexibility index (Phi) is 2.46. The maximum absolute atomic E-state index is 5.88. The predicted molar refractivity (Wildman–Crippen MR) is 57.4 cm³/mol. The van der Waals surface area contributed by atoms with Crippen LogP contribution in [0.15, 0.2) is 18.2 Å². The third-order valence-electron chi connectivity index (χ3n) is 2.48. The molecule has 14 heavy (non-hydrogen) atoms. The van der Waals surface area contributed by atoms with Crippen molar-refractivity contribution in [1.82, 2.24) is 0 Å². The minimum Gasteiger partial charge on any atom is -0.490 e. The first kappa shape index (κ1) is 9.53. The minimum absolute atomic E-state index is 0.0457. The first-order valence-electron chi connectivity index (χ1n) is 5.19. The van der Waals surface area contributed by atoms with Gasteiger partial charge in [-0.2, -0.15) is 0 Å². The van der Waals surface area contributed by atoms with E-state index in [4.69, 9.17) is 10.5 Å². The molecule has 0 aromatic heterocycles. The average Bonchev–Trinajstić information content (AvgIpc) is 2.87. The molecule has 1 saturated carbocycles. The Labute approximate surface area is 85.1 Å². The van der Waals surface area contributed by atoms with Gasteiger partial charge in [0.05, 0.1) is 6.10 Å². The fourth-order valence-corrected chi connectivity index (χ4v) is 1.49. The fourth-order valence-electron chi connectivity index (χ4n) is 1.49. The molecule has 0 saturated heterocycles. The molecule has 0 aliphatic heterocycles. The van der Waals surface area contributed by atoms with E-state index < -0.39 is 0 Å². The monoisotopic (exact) mass is 191 g/mol. The van der Waals surface area contributed by atoms with Gasteiger partial charge in [-0.3, -0.25) is 0 Å².